The Bertz CT molecular complexity index is 497. The Morgan fingerprint density at radius 3 is 3.07 bits per heavy atom. The summed E-state index contributed by atoms with van der Waals surface area (Å²) in [5, 5.41) is 4.84. The fraction of sp³-hybridized carbons (Fsp3) is 0.0833. The SMILES string of the molecule is CO/N=C/C=C/c1c[nH]c2ccccc12. The van der Waals surface area contributed by atoms with Crippen LogP contribution in [0.25, 0.3) is 17.0 Å². The van der Waals surface area contributed by atoms with Crippen molar-refractivity contribution >= 4 is 23.2 Å². The van der Waals surface area contributed by atoms with Crippen LogP contribution in [-0.2, 0) is 4.84 Å². The Labute approximate surface area is 88.1 Å². The van der Waals surface area contributed by atoms with Crippen LogP contribution in [0.2, 0.25) is 0 Å². The van der Waals surface area contributed by atoms with Gasteiger partial charge in [-0.3, -0.25) is 0 Å². The van der Waals surface area contributed by atoms with Crippen molar-refractivity contribution in [3.63, 3.8) is 0 Å². The normalized spacial score (nSPS) is 11.8. The summed E-state index contributed by atoms with van der Waals surface area (Å²) in [6.45, 7) is 0. The summed E-state index contributed by atoms with van der Waals surface area (Å²) in [7, 11) is 1.52. The lowest BCUT2D eigenvalue weighted by Crippen LogP contribution is -1.70. The number of hydrogen-bond acceptors (Lipinski definition) is 2. The van der Waals surface area contributed by atoms with Crippen LogP contribution in [0.3, 0.4) is 0 Å². The minimum absolute atomic E-state index is 1.14. The number of oxime groups is 1. The Kier molecular flexibility index (Phi) is 2.83. The van der Waals surface area contributed by atoms with Crippen LogP contribution < -0.4 is 0 Å². The summed E-state index contributed by atoms with van der Waals surface area (Å²) in [6.07, 6.45) is 7.42. The van der Waals surface area contributed by atoms with Crippen LogP contribution in [0.1, 0.15) is 5.56 Å². The number of allylic oxidation sites excluding steroid dienone is 1. The molecule has 1 heterocycles. The summed E-state index contributed by atoms with van der Waals surface area (Å²) in [6, 6.07) is 8.17. The molecule has 1 aromatic heterocycles. The van der Waals surface area contributed by atoms with Gasteiger partial charge in [0.1, 0.15) is 7.11 Å². The lowest BCUT2D eigenvalue weighted by molar-refractivity contribution is 0.215. The zero-order chi connectivity index (χ0) is 10.5. The van der Waals surface area contributed by atoms with Crippen LogP contribution in [0, 0.1) is 0 Å². The Morgan fingerprint density at radius 1 is 1.33 bits per heavy atom. The molecule has 1 aromatic carbocycles. The lowest BCUT2D eigenvalue weighted by atomic mass is 10.2. The van der Waals surface area contributed by atoms with E-state index in [-0.39, 0.29) is 0 Å². The number of nitrogens with zero attached hydrogens (tertiary/aromatic N) is 1. The van der Waals surface area contributed by atoms with E-state index in [2.05, 4.69) is 27.1 Å². The predicted octanol–water partition coefficient (Wildman–Crippen LogP) is 2.81. The molecule has 0 radical (unpaired) electrons. The van der Waals surface area contributed by atoms with Gasteiger partial charge in [-0.15, -0.1) is 0 Å². The number of para-hydroxylation sites is 1. The molecule has 0 aliphatic heterocycles. The van der Waals surface area contributed by atoms with E-state index in [0.717, 1.165) is 11.1 Å². The monoisotopic (exact) mass is 200 g/mol. The molecule has 3 heteroatoms. The Hall–Kier alpha value is -2.03. The fourth-order valence-corrected chi connectivity index (χ4v) is 1.47. The third-order valence-electron chi connectivity index (χ3n) is 2.15. The Balaban J connectivity index is 2.28. The summed E-state index contributed by atoms with van der Waals surface area (Å²) < 4.78 is 0. The molecule has 76 valence electrons. The molecule has 2 rings (SSSR count). The highest BCUT2D eigenvalue weighted by atomic mass is 16.6. The molecule has 0 saturated heterocycles. The number of H-pyrrole nitrogens is 1. The fourth-order valence-electron chi connectivity index (χ4n) is 1.47. The maximum atomic E-state index is 4.56. The van der Waals surface area contributed by atoms with Gasteiger partial charge in [-0.25, -0.2) is 0 Å². The molecule has 0 aliphatic carbocycles. The lowest BCUT2D eigenvalue weighted by Gasteiger charge is -1.89. The summed E-state index contributed by atoms with van der Waals surface area (Å²) in [5.74, 6) is 0. The summed E-state index contributed by atoms with van der Waals surface area (Å²) in [4.78, 5) is 7.76. The van der Waals surface area contributed by atoms with Crippen molar-refractivity contribution in [2.45, 2.75) is 0 Å². The van der Waals surface area contributed by atoms with Crippen LogP contribution >= 0.6 is 0 Å². The highest BCUT2D eigenvalue weighted by molar-refractivity contribution is 5.91. The zero-order valence-corrected chi connectivity index (χ0v) is 8.47. The highest BCUT2D eigenvalue weighted by Crippen LogP contribution is 2.18. The predicted molar refractivity (Wildman–Crippen MR) is 62.8 cm³/mol. The summed E-state index contributed by atoms with van der Waals surface area (Å²) >= 11 is 0. The number of benzene rings is 1. The van der Waals surface area contributed by atoms with Gasteiger partial charge in [0.15, 0.2) is 0 Å². The van der Waals surface area contributed by atoms with Gasteiger partial charge in [0.2, 0.25) is 0 Å². The number of nitrogens with one attached hydrogen (secondary N) is 1. The standard InChI is InChI=1S/C12H12N2O/c1-15-14-8-4-5-10-9-13-12-7-3-2-6-11(10)12/h2-9,13H,1H3/b5-4+,14-8+. The molecule has 0 bridgehead atoms. The van der Waals surface area contributed by atoms with Gasteiger partial charge in [-0.1, -0.05) is 29.4 Å². The van der Waals surface area contributed by atoms with E-state index in [1.807, 2.05) is 30.5 Å². The maximum Gasteiger partial charge on any atom is 0.106 e. The van der Waals surface area contributed by atoms with Gasteiger partial charge < -0.3 is 9.82 Å². The molecular formula is C12H12N2O. The summed E-state index contributed by atoms with van der Waals surface area (Å²) in [5.41, 5.74) is 2.29. The molecule has 0 amide bonds. The number of aromatic nitrogens is 1. The van der Waals surface area contributed by atoms with Gasteiger partial charge in [-0.05, 0) is 17.7 Å². The van der Waals surface area contributed by atoms with Gasteiger partial charge in [0, 0.05) is 17.1 Å². The quantitative estimate of drug-likeness (QED) is 0.600. The molecule has 1 N–H and O–H groups in total. The van der Waals surface area contributed by atoms with Crippen LogP contribution in [0.5, 0.6) is 0 Å². The molecule has 0 spiro atoms. The van der Waals surface area contributed by atoms with E-state index >= 15 is 0 Å². The third kappa shape index (κ3) is 2.07. The smallest absolute Gasteiger partial charge is 0.106 e. The van der Waals surface area contributed by atoms with Crippen LogP contribution in [0.4, 0.5) is 0 Å². The topological polar surface area (TPSA) is 37.4 Å². The molecule has 0 fully saturated rings. The van der Waals surface area contributed by atoms with E-state index in [1.165, 1.54) is 12.5 Å². The first kappa shape index (κ1) is 9.52. The second-order valence-electron chi connectivity index (χ2n) is 3.09. The first-order valence-electron chi connectivity index (χ1n) is 4.71. The van der Waals surface area contributed by atoms with Crippen LogP contribution in [-0.4, -0.2) is 18.3 Å². The maximum absolute atomic E-state index is 4.56. The van der Waals surface area contributed by atoms with E-state index in [9.17, 15) is 0 Å². The molecule has 15 heavy (non-hydrogen) atoms. The first-order valence-corrected chi connectivity index (χ1v) is 4.71. The van der Waals surface area contributed by atoms with Gasteiger partial charge in [0.25, 0.3) is 0 Å². The minimum atomic E-state index is 1.14. The number of aromatic amines is 1. The van der Waals surface area contributed by atoms with Crippen molar-refractivity contribution in [2.24, 2.45) is 5.16 Å². The molecule has 0 atom stereocenters. The Morgan fingerprint density at radius 2 is 2.20 bits per heavy atom. The molecule has 0 saturated carbocycles. The molecule has 0 unspecified atom stereocenters. The van der Waals surface area contributed by atoms with Gasteiger partial charge in [-0.2, -0.15) is 0 Å². The van der Waals surface area contributed by atoms with Crippen LogP contribution in [0.15, 0.2) is 41.7 Å². The van der Waals surface area contributed by atoms with Crippen molar-refractivity contribution < 1.29 is 4.84 Å². The molecular weight excluding hydrogens is 188 g/mol. The number of rotatable bonds is 3. The average Bonchev–Trinajstić information content (AvgIpc) is 2.68. The number of fused-ring (bicyclic) bond motifs is 1. The molecule has 2 aromatic rings. The second-order valence-corrected chi connectivity index (χ2v) is 3.09. The van der Waals surface area contributed by atoms with Crippen molar-refractivity contribution in [3.05, 3.63) is 42.1 Å². The molecule has 0 aliphatic rings. The zero-order valence-electron chi connectivity index (χ0n) is 8.47. The van der Waals surface area contributed by atoms with Gasteiger partial charge >= 0.3 is 0 Å². The third-order valence-corrected chi connectivity index (χ3v) is 2.15. The van der Waals surface area contributed by atoms with E-state index in [1.54, 1.807) is 6.21 Å². The van der Waals surface area contributed by atoms with Crippen molar-refractivity contribution in [3.8, 4) is 0 Å². The van der Waals surface area contributed by atoms with E-state index in [0.29, 0.717) is 0 Å². The first-order chi connectivity index (χ1) is 7.42. The minimum Gasteiger partial charge on any atom is -0.399 e. The average molecular weight is 200 g/mol. The van der Waals surface area contributed by atoms with Crippen molar-refractivity contribution in [1.29, 1.82) is 0 Å². The van der Waals surface area contributed by atoms with E-state index in [4.69, 9.17) is 0 Å². The van der Waals surface area contributed by atoms with E-state index < -0.39 is 0 Å². The van der Waals surface area contributed by atoms with Crippen molar-refractivity contribution in [1.82, 2.24) is 4.98 Å². The largest absolute Gasteiger partial charge is 0.399 e. The second kappa shape index (κ2) is 4.46. The van der Waals surface area contributed by atoms with Crippen molar-refractivity contribution in [2.75, 3.05) is 7.11 Å². The number of hydrogen-bond donors (Lipinski definition) is 1. The van der Waals surface area contributed by atoms with Gasteiger partial charge in [0.05, 0.1) is 6.21 Å². The highest BCUT2D eigenvalue weighted by Gasteiger charge is 1.97. The molecule has 3 nitrogen and oxygen atoms in total.